The molecule has 0 saturated heterocycles. The minimum Gasteiger partial charge on any atom is -0.497 e. The number of urea groups is 1. The lowest BCUT2D eigenvalue weighted by Crippen LogP contribution is -2.36. The number of ether oxygens (including phenoxy) is 1. The molecule has 0 fully saturated rings. The van der Waals surface area contributed by atoms with Gasteiger partial charge in [-0.25, -0.2) is 4.79 Å². The monoisotopic (exact) mass is 347 g/mol. The highest BCUT2D eigenvalue weighted by atomic mass is 35.5. The van der Waals surface area contributed by atoms with Gasteiger partial charge in [0.15, 0.2) is 0 Å². The molecule has 2 aromatic carbocycles. The summed E-state index contributed by atoms with van der Waals surface area (Å²) in [5, 5.41) is 6.32. The third-order valence-corrected chi connectivity index (χ3v) is 3.93. The lowest BCUT2D eigenvalue weighted by Gasteiger charge is -2.25. The summed E-state index contributed by atoms with van der Waals surface area (Å²) in [5.74, 6) is 0.810. The molecule has 24 heavy (non-hydrogen) atoms. The SMILES string of the molecule is COc1ccc([C@@H](CNC(=O)Nc2ccc(Cl)cc2)N(C)C)cc1. The van der Waals surface area contributed by atoms with Crippen LogP contribution in [0.5, 0.6) is 5.75 Å². The van der Waals surface area contributed by atoms with E-state index in [9.17, 15) is 4.79 Å². The van der Waals surface area contributed by atoms with Crippen molar-refractivity contribution >= 4 is 23.3 Å². The molecule has 0 aromatic heterocycles. The van der Waals surface area contributed by atoms with E-state index in [1.165, 1.54) is 0 Å². The second-order valence-corrected chi connectivity index (χ2v) is 6.03. The molecule has 0 radical (unpaired) electrons. The van der Waals surface area contributed by atoms with E-state index in [-0.39, 0.29) is 12.1 Å². The zero-order chi connectivity index (χ0) is 17.5. The van der Waals surface area contributed by atoms with Crippen LogP contribution in [0.1, 0.15) is 11.6 Å². The van der Waals surface area contributed by atoms with E-state index in [2.05, 4.69) is 15.5 Å². The number of rotatable bonds is 6. The zero-order valence-corrected chi connectivity index (χ0v) is 14.8. The van der Waals surface area contributed by atoms with E-state index in [1.807, 2.05) is 38.4 Å². The summed E-state index contributed by atoms with van der Waals surface area (Å²) >= 11 is 5.83. The highest BCUT2D eigenvalue weighted by Gasteiger charge is 2.15. The summed E-state index contributed by atoms with van der Waals surface area (Å²) in [6, 6.07) is 14.6. The van der Waals surface area contributed by atoms with Gasteiger partial charge in [0.25, 0.3) is 0 Å². The molecule has 0 saturated carbocycles. The average molecular weight is 348 g/mol. The fourth-order valence-electron chi connectivity index (χ4n) is 2.32. The van der Waals surface area contributed by atoms with Crippen LogP contribution in [-0.2, 0) is 0 Å². The van der Waals surface area contributed by atoms with Crippen molar-refractivity contribution in [1.82, 2.24) is 10.2 Å². The normalized spacial score (nSPS) is 11.9. The summed E-state index contributed by atoms with van der Waals surface area (Å²) in [6.07, 6.45) is 0. The first-order valence-electron chi connectivity index (χ1n) is 7.60. The Bertz CT molecular complexity index is 657. The standard InChI is InChI=1S/C18H22ClN3O2/c1-22(2)17(13-4-10-16(24-3)11-5-13)12-20-18(23)21-15-8-6-14(19)7-9-15/h4-11,17H,12H2,1-3H3,(H2,20,21,23)/t17-/m1/s1. The van der Waals surface area contributed by atoms with Gasteiger partial charge in [0.05, 0.1) is 13.2 Å². The molecular weight excluding hydrogens is 326 g/mol. The highest BCUT2D eigenvalue weighted by Crippen LogP contribution is 2.20. The van der Waals surface area contributed by atoms with Crippen LogP contribution in [-0.4, -0.2) is 38.7 Å². The number of benzene rings is 2. The lowest BCUT2D eigenvalue weighted by molar-refractivity contribution is 0.243. The molecule has 1 atom stereocenters. The van der Waals surface area contributed by atoms with Crippen molar-refractivity contribution in [2.45, 2.75) is 6.04 Å². The van der Waals surface area contributed by atoms with Crippen molar-refractivity contribution in [2.24, 2.45) is 0 Å². The van der Waals surface area contributed by atoms with Gasteiger partial charge in [0.1, 0.15) is 5.75 Å². The number of carbonyl (C=O) groups is 1. The second-order valence-electron chi connectivity index (χ2n) is 5.59. The van der Waals surface area contributed by atoms with Crippen LogP contribution in [0.25, 0.3) is 0 Å². The van der Waals surface area contributed by atoms with Crippen LogP contribution in [0.3, 0.4) is 0 Å². The molecule has 2 N–H and O–H groups in total. The molecule has 0 aliphatic rings. The van der Waals surface area contributed by atoms with Crippen LogP contribution < -0.4 is 15.4 Å². The van der Waals surface area contributed by atoms with Crippen molar-refractivity contribution in [3.63, 3.8) is 0 Å². The first kappa shape index (κ1) is 18.1. The Morgan fingerprint density at radius 3 is 2.29 bits per heavy atom. The Kier molecular flexibility index (Phi) is 6.46. The number of hydrogen-bond acceptors (Lipinski definition) is 3. The van der Waals surface area contributed by atoms with Gasteiger partial charge in [-0.3, -0.25) is 0 Å². The van der Waals surface area contributed by atoms with Gasteiger partial charge in [-0.05, 0) is 56.1 Å². The molecule has 0 aliphatic heterocycles. The van der Waals surface area contributed by atoms with Gasteiger partial charge in [-0.15, -0.1) is 0 Å². The van der Waals surface area contributed by atoms with Crippen LogP contribution in [0, 0.1) is 0 Å². The first-order chi connectivity index (χ1) is 11.5. The summed E-state index contributed by atoms with van der Waals surface area (Å²) < 4.78 is 5.18. The van der Waals surface area contributed by atoms with Crippen LogP contribution in [0.15, 0.2) is 48.5 Å². The molecular formula is C18H22ClN3O2. The molecule has 6 heteroatoms. The number of likely N-dealkylation sites (N-methyl/N-ethyl adjacent to an activating group) is 1. The van der Waals surface area contributed by atoms with E-state index in [0.717, 1.165) is 11.3 Å². The third-order valence-electron chi connectivity index (χ3n) is 3.68. The van der Waals surface area contributed by atoms with Crippen LogP contribution in [0.4, 0.5) is 10.5 Å². The molecule has 2 aromatic rings. The minimum absolute atomic E-state index is 0.0619. The van der Waals surface area contributed by atoms with Gasteiger partial charge in [0, 0.05) is 17.3 Å². The molecule has 0 bridgehead atoms. The lowest BCUT2D eigenvalue weighted by atomic mass is 10.1. The maximum absolute atomic E-state index is 12.1. The first-order valence-corrected chi connectivity index (χ1v) is 7.98. The van der Waals surface area contributed by atoms with E-state index in [1.54, 1.807) is 31.4 Å². The minimum atomic E-state index is -0.252. The molecule has 0 aliphatic carbocycles. The van der Waals surface area contributed by atoms with E-state index in [4.69, 9.17) is 16.3 Å². The van der Waals surface area contributed by atoms with Crippen LogP contribution in [0.2, 0.25) is 5.02 Å². The maximum atomic E-state index is 12.1. The molecule has 2 amide bonds. The van der Waals surface area contributed by atoms with Crippen molar-refractivity contribution in [3.05, 3.63) is 59.1 Å². The Morgan fingerprint density at radius 1 is 1.12 bits per heavy atom. The second kappa shape index (κ2) is 8.57. The molecule has 0 unspecified atom stereocenters. The maximum Gasteiger partial charge on any atom is 0.319 e. The Balaban J connectivity index is 1.95. The third kappa shape index (κ3) is 5.15. The predicted octanol–water partition coefficient (Wildman–Crippen LogP) is 3.77. The molecule has 0 heterocycles. The number of methoxy groups -OCH3 is 1. The predicted molar refractivity (Wildman–Crippen MR) is 97.9 cm³/mol. The topological polar surface area (TPSA) is 53.6 Å². The summed E-state index contributed by atoms with van der Waals surface area (Å²) in [4.78, 5) is 14.1. The number of amides is 2. The van der Waals surface area contributed by atoms with Gasteiger partial charge in [-0.2, -0.15) is 0 Å². The van der Waals surface area contributed by atoms with E-state index in [0.29, 0.717) is 17.3 Å². The quantitative estimate of drug-likeness (QED) is 0.836. The summed E-state index contributed by atoms with van der Waals surface area (Å²) in [5.41, 5.74) is 1.80. The van der Waals surface area contributed by atoms with E-state index >= 15 is 0 Å². The number of hydrogen-bond donors (Lipinski definition) is 2. The smallest absolute Gasteiger partial charge is 0.319 e. The fourth-order valence-corrected chi connectivity index (χ4v) is 2.45. The summed E-state index contributed by atoms with van der Waals surface area (Å²) in [7, 11) is 5.60. The Morgan fingerprint density at radius 2 is 1.75 bits per heavy atom. The number of anilines is 1. The van der Waals surface area contributed by atoms with Crippen molar-refractivity contribution in [1.29, 1.82) is 0 Å². The van der Waals surface area contributed by atoms with Crippen molar-refractivity contribution in [3.8, 4) is 5.75 Å². The number of nitrogens with zero attached hydrogens (tertiary/aromatic N) is 1. The highest BCUT2D eigenvalue weighted by molar-refractivity contribution is 6.30. The fraction of sp³-hybridized carbons (Fsp3) is 0.278. The average Bonchev–Trinajstić information content (AvgIpc) is 2.57. The summed E-state index contributed by atoms with van der Waals surface area (Å²) in [6.45, 7) is 0.485. The van der Waals surface area contributed by atoms with E-state index < -0.39 is 0 Å². The molecule has 0 spiro atoms. The van der Waals surface area contributed by atoms with Gasteiger partial charge in [0.2, 0.25) is 0 Å². The molecule has 5 nitrogen and oxygen atoms in total. The van der Waals surface area contributed by atoms with Crippen molar-refractivity contribution in [2.75, 3.05) is 33.1 Å². The van der Waals surface area contributed by atoms with Crippen molar-refractivity contribution < 1.29 is 9.53 Å². The van der Waals surface area contributed by atoms with Gasteiger partial charge >= 0.3 is 6.03 Å². The molecule has 128 valence electrons. The number of carbonyl (C=O) groups excluding carboxylic acids is 1. The van der Waals surface area contributed by atoms with Gasteiger partial charge < -0.3 is 20.3 Å². The number of nitrogens with one attached hydrogen (secondary N) is 2. The Hall–Kier alpha value is -2.24. The largest absolute Gasteiger partial charge is 0.497 e. The Labute approximate surface area is 147 Å². The zero-order valence-electron chi connectivity index (χ0n) is 14.0. The molecule has 2 rings (SSSR count). The van der Waals surface area contributed by atoms with Gasteiger partial charge in [-0.1, -0.05) is 23.7 Å². The van der Waals surface area contributed by atoms with Crippen LogP contribution >= 0.6 is 11.6 Å². The number of halogens is 1.